The molecule has 0 atom stereocenters. The van der Waals surface area contributed by atoms with Gasteiger partial charge in [0, 0.05) is 42.7 Å². The average Bonchev–Trinajstić information content (AvgIpc) is 3.02. The third kappa shape index (κ3) is 6.42. The Morgan fingerprint density at radius 2 is 1.59 bits per heavy atom. The fraction of sp³-hybridized carbons (Fsp3) is 0.333. The van der Waals surface area contributed by atoms with Crippen molar-refractivity contribution in [2.45, 2.75) is 31.0 Å². The number of pyridine rings is 1. The highest BCUT2D eigenvalue weighted by molar-refractivity contribution is 5.80. The van der Waals surface area contributed by atoms with Gasteiger partial charge in [0.25, 0.3) is 0 Å². The van der Waals surface area contributed by atoms with E-state index in [1.165, 1.54) is 12.1 Å². The first-order valence-corrected chi connectivity index (χ1v) is 14.6. The Bertz CT molecular complexity index is 1590. The average molecular weight is 609 g/mol. The number of alkyl carbamates (subject to hydrolysis) is 1. The molecule has 0 radical (unpaired) electrons. The van der Waals surface area contributed by atoms with Crippen molar-refractivity contribution in [3.63, 3.8) is 0 Å². The first-order valence-electron chi connectivity index (χ1n) is 14.6. The van der Waals surface area contributed by atoms with Crippen LogP contribution in [-0.4, -0.2) is 61.4 Å². The Balaban J connectivity index is 1.11. The molecule has 44 heavy (non-hydrogen) atoms. The van der Waals surface area contributed by atoms with Gasteiger partial charge in [-0.3, -0.25) is 4.90 Å². The molecule has 3 heterocycles. The molecule has 11 heteroatoms. The van der Waals surface area contributed by atoms with Gasteiger partial charge < -0.3 is 19.7 Å². The molecule has 7 nitrogen and oxygen atoms in total. The first-order chi connectivity index (χ1) is 21.2. The summed E-state index contributed by atoms with van der Waals surface area (Å²) in [4.78, 5) is 22.1. The summed E-state index contributed by atoms with van der Waals surface area (Å²) in [7, 11) is 0. The molecule has 230 valence electrons. The summed E-state index contributed by atoms with van der Waals surface area (Å²) < 4.78 is 64.2. The number of carbonyl (C=O) groups excluding carboxylic acids is 1. The number of benzene rings is 3. The molecule has 2 aliphatic rings. The standard InChI is InChI=1S/C33H32F4N4O3/c34-24-12-13-27-23(21-24)11-14-30(39-27)41-19-17-40(18-20-41)16-6-5-15-32(44-31(42)38-22-33(35,36)37)25-7-1-3-9-28(25)43-29-10-4-2-8-26(29)32/h1-4,7-14,21H,5-6,15-20,22H2,(H,38,42). The molecule has 0 unspecified atom stereocenters. The lowest BCUT2D eigenvalue weighted by Gasteiger charge is -2.40. The van der Waals surface area contributed by atoms with E-state index in [2.05, 4.69) is 9.80 Å². The van der Waals surface area contributed by atoms with Crippen LogP contribution in [0.2, 0.25) is 0 Å². The predicted molar refractivity (Wildman–Crippen MR) is 158 cm³/mol. The van der Waals surface area contributed by atoms with E-state index in [9.17, 15) is 22.4 Å². The summed E-state index contributed by atoms with van der Waals surface area (Å²) in [5, 5.41) is 2.63. The summed E-state index contributed by atoms with van der Waals surface area (Å²) in [5.41, 5.74) is 0.635. The third-order valence-corrected chi connectivity index (χ3v) is 8.15. The van der Waals surface area contributed by atoms with Crippen LogP contribution in [0, 0.1) is 5.82 Å². The van der Waals surface area contributed by atoms with Crippen molar-refractivity contribution >= 4 is 22.8 Å². The van der Waals surface area contributed by atoms with Gasteiger partial charge in [-0.1, -0.05) is 36.4 Å². The van der Waals surface area contributed by atoms with Crippen LogP contribution in [-0.2, 0) is 10.3 Å². The second kappa shape index (κ2) is 12.3. The van der Waals surface area contributed by atoms with Crippen LogP contribution in [0.15, 0.2) is 78.9 Å². The maximum absolute atomic E-state index is 13.5. The van der Waals surface area contributed by atoms with Crippen LogP contribution in [0.5, 0.6) is 11.5 Å². The van der Waals surface area contributed by atoms with Gasteiger partial charge in [-0.15, -0.1) is 0 Å². The quantitative estimate of drug-likeness (QED) is 0.172. The summed E-state index contributed by atoms with van der Waals surface area (Å²) in [6.45, 7) is 2.60. The molecule has 6 rings (SSSR count). The number of amides is 1. The van der Waals surface area contributed by atoms with E-state index in [4.69, 9.17) is 14.5 Å². The van der Waals surface area contributed by atoms with Crippen molar-refractivity contribution in [1.82, 2.24) is 15.2 Å². The van der Waals surface area contributed by atoms with Crippen molar-refractivity contribution in [3.05, 3.63) is 95.8 Å². The first kappa shape index (κ1) is 29.7. The second-order valence-electron chi connectivity index (χ2n) is 11.1. The Morgan fingerprint density at radius 3 is 2.27 bits per heavy atom. The second-order valence-corrected chi connectivity index (χ2v) is 11.1. The fourth-order valence-corrected chi connectivity index (χ4v) is 6.01. The molecule has 2 aliphatic heterocycles. The van der Waals surface area contributed by atoms with E-state index in [0.717, 1.165) is 55.9 Å². The number of para-hydroxylation sites is 2. The Hall–Kier alpha value is -4.38. The lowest BCUT2D eigenvalue weighted by Crippen LogP contribution is -2.47. The molecule has 1 amide bonds. The summed E-state index contributed by atoms with van der Waals surface area (Å²) in [6, 6.07) is 22.7. The van der Waals surface area contributed by atoms with E-state index in [0.29, 0.717) is 35.5 Å². The van der Waals surface area contributed by atoms with Crippen LogP contribution < -0.4 is 15.0 Å². The van der Waals surface area contributed by atoms with Crippen molar-refractivity contribution in [2.75, 3.05) is 44.2 Å². The van der Waals surface area contributed by atoms with Crippen molar-refractivity contribution in [2.24, 2.45) is 0 Å². The van der Waals surface area contributed by atoms with Crippen molar-refractivity contribution in [3.8, 4) is 11.5 Å². The topological polar surface area (TPSA) is 66.9 Å². The zero-order valence-electron chi connectivity index (χ0n) is 23.9. The highest BCUT2D eigenvalue weighted by Crippen LogP contribution is 2.51. The van der Waals surface area contributed by atoms with E-state index in [1.807, 2.05) is 17.4 Å². The molecule has 0 aliphatic carbocycles. The number of ether oxygens (including phenoxy) is 2. The SMILES string of the molecule is O=C(NCC(F)(F)F)OC1(CCCCN2CCN(c3ccc4cc(F)ccc4n3)CC2)c2ccccc2Oc2ccccc21. The predicted octanol–water partition coefficient (Wildman–Crippen LogP) is 7.00. The van der Waals surface area contributed by atoms with Gasteiger partial charge >= 0.3 is 12.3 Å². The largest absolute Gasteiger partial charge is 0.456 e. The van der Waals surface area contributed by atoms with Crippen LogP contribution in [0.4, 0.5) is 28.2 Å². The minimum Gasteiger partial charge on any atom is -0.456 e. The molecule has 0 saturated carbocycles. The van der Waals surface area contributed by atoms with Gasteiger partial charge in [0.05, 0.1) is 5.52 Å². The van der Waals surface area contributed by atoms with Gasteiger partial charge in [0.15, 0.2) is 5.60 Å². The molecule has 3 aromatic carbocycles. The van der Waals surface area contributed by atoms with E-state index in [-0.39, 0.29) is 5.82 Å². The van der Waals surface area contributed by atoms with E-state index in [1.54, 1.807) is 54.6 Å². The van der Waals surface area contributed by atoms with Gasteiger partial charge in [0.1, 0.15) is 29.7 Å². The number of hydrogen-bond acceptors (Lipinski definition) is 6. The number of halogens is 4. The Labute approximate surface area is 252 Å². The molecule has 1 aromatic heterocycles. The number of nitrogens with one attached hydrogen (secondary N) is 1. The monoisotopic (exact) mass is 608 g/mol. The number of carbonyl (C=O) groups is 1. The van der Waals surface area contributed by atoms with Gasteiger partial charge in [-0.05, 0) is 68.3 Å². The van der Waals surface area contributed by atoms with Crippen LogP contribution in [0.3, 0.4) is 0 Å². The maximum atomic E-state index is 13.5. The Kier molecular flexibility index (Phi) is 8.31. The molecule has 0 spiro atoms. The molecule has 1 saturated heterocycles. The Morgan fingerprint density at radius 1 is 0.909 bits per heavy atom. The number of unbranched alkanes of at least 4 members (excludes halogenated alkanes) is 1. The van der Waals surface area contributed by atoms with Gasteiger partial charge in [0.2, 0.25) is 0 Å². The van der Waals surface area contributed by atoms with E-state index >= 15 is 0 Å². The smallest absolute Gasteiger partial charge is 0.408 e. The lowest BCUT2D eigenvalue weighted by molar-refractivity contribution is -0.124. The maximum Gasteiger partial charge on any atom is 0.408 e. The van der Waals surface area contributed by atoms with E-state index < -0.39 is 24.4 Å². The molecule has 1 fully saturated rings. The molecular weight excluding hydrogens is 576 g/mol. The molecule has 0 bridgehead atoms. The fourth-order valence-electron chi connectivity index (χ4n) is 6.01. The number of nitrogens with zero attached hydrogens (tertiary/aromatic N) is 3. The van der Waals surface area contributed by atoms with Crippen molar-refractivity contribution in [1.29, 1.82) is 0 Å². The summed E-state index contributed by atoms with van der Waals surface area (Å²) in [6.07, 6.45) is -3.90. The van der Waals surface area contributed by atoms with Gasteiger partial charge in [-0.25, -0.2) is 14.2 Å². The number of piperazine rings is 1. The normalized spacial score (nSPS) is 16.1. The number of rotatable bonds is 8. The number of hydrogen-bond donors (Lipinski definition) is 1. The highest BCUT2D eigenvalue weighted by Gasteiger charge is 2.45. The number of anilines is 1. The zero-order chi connectivity index (χ0) is 30.7. The molecule has 1 N–H and O–H groups in total. The molecule has 4 aromatic rings. The molecular formula is C33H32F4N4O3. The number of fused-ring (bicyclic) bond motifs is 3. The van der Waals surface area contributed by atoms with Crippen LogP contribution >= 0.6 is 0 Å². The zero-order valence-corrected chi connectivity index (χ0v) is 23.9. The third-order valence-electron chi connectivity index (χ3n) is 8.15. The van der Waals surface area contributed by atoms with Crippen molar-refractivity contribution < 1.29 is 31.8 Å². The lowest BCUT2D eigenvalue weighted by atomic mass is 9.79. The van der Waals surface area contributed by atoms with Crippen LogP contribution in [0.1, 0.15) is 30.4 Å². The minimum absolute atomic E-state index is 0.284. The number of alkyl halides is 3. The highest BCUT2D eigenvalue weighted by atomic mass is 19.4. The van der Waals surface area contributed by atoms with Crippen LogP contribution in [0.25, 0.3) is 10.9 Å². The summed E-state index contributed by atoms with van der Waals surface area (Å²) in [5.74, 6) is 1.58. The number of aromatic nitrogens is 1. The van der Waals surface area contributed by atoms with Gasteiger partial charge in [-0.2, -0.15) is 13.2 Å². The minimum atomic E-state index is -4.56. The summed E-state index contributed by atoms with van der Waals surface area (Å²) >= 11 is 0.